The minimum Gasteiger partial charge on any atom is -0.493 e. The number of aliphatic hydroxyl groups is 1. The van der Waals surface area contributed by atoms with E-state index < -0.39 is 40.7 Å². The molecule has 3 aliphatic rings. The molecule has 12 nitrogen and oxygen atoms in total. The summed E-state index contributed by atoms with van der Waals surface area (Å²) in [5.74, 6) is 1.39. The molecule has 0 unspecified atom stereocenters. The molecule has 3 aromatic carbocycles. The Hall–Kier alpha value is -3.88. The third-order valence-corrected chi connectivity index (χ3v) is 10.7. The first-order valence-electron chi connectivity index (χ1n) is 16.7. The molecule has 3 aliphatic heterocycles. The van der Waals surface area contributed by atoms with Gasteiger partial charge in [0.05, 0.1) is 42.8 Å². The SMILES string of the molecule is CC(C)CN(C[C@@H](O)[C@H](Cc1ccc(OCCc2ccccc2)cc1)NC(=O)O[C@@H]1CO[C@H]2OCC[C@H]21)S(=O)(=O)c1ccc2c(c1)OCO2. The van der Waals surface area contributed by atoms with Crippen LogP contribution in [0.2, 0.25) is 0 Å². The van der Waals surface area contributed by atoms with Crippen LogP contribution in [0.3, 0.4) is 0 Å². The van der Waals surface area contributed by atoms with Crippen LogP contribution in [0, 0.1) is 11.8 Å². The molecule has 0 saturated carbocycles. The first-order valence-corrected chi connectivity index (χ1v) is 18.1. The van der Waals surface area contributed by atoms with Crippen LogP contribution >= 0.6 is 0 Å². The molecule has 6 rings (SSSR count). The number of ether oxygens (including phenoxy) is 6. The minimum absolute atomic E-state index is 0.0128. The van der Waals surface area contributed by atoms with Gasteiger partial charge in [0.1, 0.15) is 11.9 Å². The highest BCUT2D eigenvalue weighted by atomic mass is 32.2. The van der Waals surface area contributed by atoms with Crippen LogP contribution in [-0.4, -0.2) is 88.2 Å². The summed E-state index contributed by atoms with van der Waals surface area (Å²) in [7, 11) is -4.06. The molecule has 1 amide bonds. The smallest absolute Gasteiger partial charge is 0.407 e. The lowest BCUT2D eigenvalue weighted by Crippen LogP contribution is -2.51. The van der Waals surface area contributed by atoms with Crippen molar-refractivity contribution in [3.8, 4) is 17.2 Å². The van der Waals surface area contributed by atoms with Crippen LogP contribution < -0.4 is 19.5 Å². The molecule has 0 bridgehead atoms. The molecular formula is C36H44N2O10S. The monoisotopic (exact) mass is 696 g/mol. The van der Waals surface area contributed by atoms with Crippen molar-refractivity contribution in [2.45, 2.75) is 62.5 Å². The van der Waals surface area contributed by atoms with E-state index in [1.165, 1.54) is 22.0 Å². The van der Waals surface area contributed by atoms with Crippen molar-refractivity contribution < 1.29 is 46.7 Å². The van der Waals surface area contributed by atoms with E-state index in [0.29, 0.717) is 30.5 Å². The largest absolute Gasteiger partial charge is 0.493 e. The highest BCUT2D eigenvalue weighted by molar-refractivity contribution is 7.89. The summed E-state index contributed by atoms with van der Waals surface area (Å²) in [5.41, 5.74) is 1.99. The maximum atomic E-state index is 13.9. The van der Waals surface area contributed by atoms with E-state index in [1.54, 1.807) is 6.07 Å². The minimum atomic E-state index is -4.06. The molecule has 0 aliphatic carbocycles. The van der Waals surface area contributed by atoms with Gasteiger partial charge in [-0.25, -0.2) is 13.2 Å². The van der Waals surface area contributed by atoms with Gasteiger partial charge in [0.25, 0.3) is 0 Å². The Morgan fingerprint density at radius 2 is 1.76 bits per heavy atom. The zero-order chi connectivity index (χ0) is 34.4. The second-order valence-electron chi connectivity index (χ2n) is 13.0. The number of fused-ring (bicyclic) bond motifs is 2. The number of carbonyl (C=O) groups excluding carboxylic acids is 1. The lowest BCUT2D eigenvalue weighted by atomic mass is 10.0. The summed E-state index contributed by atoms with van der Waals surface area (Å²) in [4.78, 5) is 13.3. The Labute approximate surface area is 287 Å². The van der Waals surface area contributed by atoms with Gasteiger partial charge in [0, 0.05) is 25.6 Å². The highest BCUT2D eigenvalue weighted by Gasteiger charge is 2.44. The number of nitrogens with zero attached hydrogens (tertiary/aromatic N) is 1. The van der Waals surface area contributed by atoms with Crippen molar-refractivity contribution in [1.29, 1.82) is 0 Å². The second-order valence-corrected chi connectivity index (χ2v) is 14.9. The maximum absolute atomic E-state index is 13.9. The molecule has 2 fully saturated rings. The predicted octanol–water partition coefficient (Wildman–Crippen LogP) is 4.14. The lowest BCUT2D eigenvalue weighted by Gasteiger charge is -2.31. The summed E-state index contributed by atoms with van der Waals surface area (Å²) in [5, 5.41) is 14.5. The number of carbonyl (C=O) groups is 1. The summed E-state index contributed by atoms with van der Waals surface area (Å²) >= 11 is 0. The van der Waals surface area contributed by atoms with Crippen LogP contribution in [0.1, 0.15) is 31.4 Å². The molecule has 3 heterocycles. The van der Waals surface area contributed by atoms with E-state index in [2.05, 4.69) is 17.4 Å². The van der Waals surface area contributed by atoms with E-state index in [1.807, 2.05) is 56.3 Å². The normalized spacial score (nSPS) is 21.0. The number of hydrogen-bond acceptors (Lipinski definition) is 10. The van der Waals surface area contributed by atoms with Crippen molar-refractivity contribution in [1.82, 2.24) is 9.62 Å². The van der Waals surface area contributed by atoms with E-state index in [-0.39, 0.29) is 49.6 Å². The van der Waals surface area contributed by atoms with Gasteiger partial charge in [-0.05, 0) is 54.2 Å². The van der Waals surface area contributed by atoms with Gasteiger partial charge < -0.3 is 38.8 Å². The number of hydrogen-bond donors (Lipinski definition) is 2. The average molecular weight is 697 g/mol. The standard InChI is InChI=1S/C36H44N2O10S/c1-24(2)20-38(49(41,42)28-12-13-32-33(19-28)47-23-46-32)21-31(39)30(37-36(40)48-34-22-45-35-29(34)15-17-44-35)18-26-8-10-27(11-9-26)43-16-14-25-6-4-3-5-7-25/h3-13,19,24,29-31,34-35,39H,14-18,20-23H2,1-2H3,(H,37,40)/t29-,30-,31+,34+,35+/m0/s1. The fraction of sp³-hybridized carbons (Fsp3) is 0.472. The van der Waals surface area contributed by atoms with Gasteiger partial charge in [-0.1, -0.05) is 56.3 Å². The summed E-state index contributed by atoms with van der Waals surface area (Å²) < 4.78 is 62.7. The Morgan fingerprint density at radius 3 is 2.53 bits per heavy atom. The molecule has 0 radical (unpaired) electrons. The quantitative estimate of drug-likeness (QED) is 0.238. The summed E-state index contributed by atoms with van der Waals surface area (Å²) in [6, 6.07) is 21.0. The zero-order valence-corrected chi connectivity index (χ0v) is 28.5. The molecule has 0 spiro atoms. The van der Waals surface area contributed by atoms with Crippen LogP contribution in [0.15, 0.2) is 77.7 Å². The van der Waals surface area contributed by atoms with Gasteiger partial charge >= 0.3 is 6.09 Å². The van der Waals surface area contributed by atoms with Gasteiger partial charge in [0.15, 0.2) is 17.8 Å². The van der Waals surface area contributed by atoms with Crippen molar-refractivity contribution in [2.24, 2.45) is 11.8 Å². The lowest BCUT2D eigenvalue weighted by molar-refractivity contribution is -0.0907. The number of rotatable bonds is 15. The van der Waals surface area contributed by atoms with Crippen LogP contribution in [0.5, 0.6) is 17.2 Å². The topological polar surface area (TPSA) is 142 Å². The maximum Gasteiger partial charge on any atom is 0.407 e. The van der Waals surface area contributed by atoms with Crippen LogP contribution in [0.4, 0.5) is 4.79 Å². The third-order valence-electron chi connectivity index (χ3n) is 8.83. The Kier molecular flexibility index (Phi) is 11.3. The number of aliphatic hydroxyl groups excluding tert-OH is 1. The molecule has 5 atom stereocenters. The van der Waals surface area contributed by atoms with Crippen molar-refractivity contribution in [2.75, 3.05) is 39.7 Å². The first kappa shape index (κ1) is 35.0. The van der Waals surface area contributed by atoms with Gasteiger partial charge in [-0.3, -0.25) is 0 Å². The van der Waals surface area contributed by atoms with Crippen molar-refractivity contribution in [3.63, 3.8) is 0 Å². The van der Waals surface area contributed by atoms with E-state index >= 15 is 0 Å². The Balaban J connectivity index is 1.16. The molecule has 3 aromatic rings. The van der Waals surface area contributed by atoms with Gasteiger partial charge in [-0.15, -0.1) is 0 Å². The molecule has 13 heteroatoms. The van der Waals surface area contributed by atoms with E-state index in [4.69, 9.17) is 28.4 Å². The number of benzene rings is 3. The van der Waals surface area contributed by atoms with E-state index in [0.717, 1.165) is 18.4 Å². The molecule has 49 heavy (non-hydrogen) atoms. The number of amides is 1. The van der Waals surface area contributed by atoms with Crippen molar-refractivity contribution >= 4 is 16.1 Å². The van der Waals surface area contributed by atoms with Crippen LogP contribution in [0.25, 0.3) is 0 Å². The van der Waals surface area contributed by atoms with E-state index in [9.17, 15) is 18.3 Å². The summed E-state index contributed by atoms with van der Waals surface area (Å²) in [6.07, 6.45) is -1.20. The molecule has 2 N–H and O–H groups in total. The first-order chi connectivity index (χ1) is 23.7. The second kappa shape index (κ2) is 15.8. The predicted molar refractivity (Wildman–Crippen MR) is 179 cm³/mol. The summed E-state index contributed by atoms with van der Waals surface area (Å²) in [6.45, 7) is 4.95. The molecule has 264 valence electrons. The zero-order valence-electron chi connectivity index (χ0n) is 27.7. The fourth-order valence-electron chi connectivity index (χ4n) is 6.26. The van der Waals surface area contributed by atoms with Gasteiger partial charge in [0.2, 0.25) is 16.8 Å². The van der Waals surface area contributed by atoms with Crippen molar-refractivity contribution in [3.05, 3.63) is 83.9 Å². The number of sulfonamides is 1. The third kappa shape index (κ3) is 8.84. The Morgan fingerprint density at radius 1 is 0.980 bits per heavy atom. The molecule has 2 saturated heterocycles. The number of alkyl carbamates (subject to hydrolysis) is 1. The van der Waals surface area contributed by atoms with Crippen LogP contribution in [-0.2, 0) is 37.1 Å². The van der Waals surface area contributed by atoms with Gasteiger partial charge in [-0.2, -0.15) is 4.31 Å². The molecular weight excluding hydrogens is 652 g/mol. The average Bonchev–Trinajstić information content (AvgIpc) is 3.84. The highest BCUT2D eigenvalue weighted by Crippen LogP contribution is 2.35. The molecule has 0 aromatic heterocycles. The Bertz CT molecular complexity index is 1650. The fourth-order valence-corrected chi connectivity index (χ4v) is 7.90. The number of nitrogens with one attached hydrogen (secondary N) is 1.